The van der Waals surface area contributed by atoms with Crippen LogP contribution in [0.1, 0.15) is 23.2 Å². The van der Waals surface area contributed by atoms with Gasteiger partial charge in [-0.2, -0.15) is 0 Å². The minimum absolute atomic E-state index is 0.145. The number of hydrogen-bond donors (Lipinski definition) is 1. The predicted molar refractivity (Wildman–Crippen MR) is 71.0 cm³/mol. The molecule has 1 aliphatic rings. The lowest BCUT2D eigenvalue weighted by atomic mass is 10.0. The Balaban J connectivity index is 1.94. The Bertz CT molecular complexity index is 403. The summed E-state index contributed by atoms with van der Waals surface area (Å²) in [6, 6.07) is 7.46. The Kier molecular flexibility index (Phi) is 4.33. The van der Waals surface area contributed by atoms with Crippen molar-refractivity contribution in [1.82, 2.24) is 4.90 Å². The highest BCUT2D eigenvalue weighted by Gasteiger charge is 2.19. The van der Waals surface area contributed by atoms with Gasteiger partial charge >= 0.3 is 0 Å². The van der Waals surface area contributed by atoms with E-state index in [9.17, 15) is 4.79 Å². The Morgan fingerprint density at radius 1 is 1.44 bits per heavy atom. The maximum atomic E-state index is 12.1. The number of ether oxygens (including phenoxy) is 1. The molecule has 1 fully saturated rings. The molecule has 1 atom stereocenters. The number of Topliss-reactive ketones (excluding diaryl/α,β-unsaturated/α-hetero) is 1. The van der Waals surface area contributed by atoms with E-state index in [1.165, 1.54) is 0 Å². The molecule has 0 radical (unpaired) electrons. The second-order valence-electron chi connectivity index (χ2n) is 4.79. The maximum absolute atomic E-state index is 12.1. The van der Waals surface area contributed by atoms with E-state index in [4.69, 9.17) is 10.5 Å². The van der Waals surface area contributed by atoms with Crippen LogP contribution >= 0.6 is 0 Å². The van der Waals surface area contributed by atoms with Crippen molar-refractivity contribution in [3.8, 4) is 5.75 Å². The fourth-order valence-corrected chi connectivity index (χ4v) is 2.31. The Morgan fingerprint density at radius 2 is 2.17 bits per heavy atom. The molecular formula is C14H20N2O2. The number of piperidine rings is 1. The van der Waals surface area contributed by atoms with E-state index in [2.05, 4.69) is 4.90 Å². The number of hydrogen-bond acceptors (Lipinski definition) is 4. The smallest absolute Gasteiger partial charge is 0.176 e. The van der Waals surface area contributed by atoms with Crippen LogP contribution in [0.4, 0.5) is 0 Å². The topological polar surface area (TPSA) is 55.6 Å². The summed E-state index contributed by atoms with van der Waals surface area (Å²) < 4.78 is 5.07. The average Bonchev–Trinajstić information content (AvgIpc) is 2.39. The number of rotatable bonds is 4. The predicted octanol–water partition coefficient (Wildman–Crippen LogP) is 1.30. The van der Waals surface area contributed by atoms with Crippen molar-refractivity contribution >= 4 is 5.78 Å². The van der Waals surface area contributed by atoms with Crippen molar-refractivity contribution in [3.05, 3.63) is 29.8 Å². The van der Waals surface area contributed by atoms with Crippen LogP contribution in [-0.2, 0) is 0 Å². The zero-order valence-electron chi connectivity index (χ0n) is 10.8. The van der Waals surface area contributed by atoms with Gasteiger partial charge in [-0.1, -0.05) is 0 Å². The lowest BCUT2D eigenvalue weighted by Gasteiger charge is -2.29. The second-order valence-corrected chi connectivity index (χ2v) is 4.79. The van der Waals surface area contributed by atoms with Gasteiger partial charge in [0.05, 0.1) is 13.7 Å². The number of nitrogens with zero attached hydrogens (tertiary/aromatic N) is 1. The van der Waals surface area contributed by atoms with E-state index in [1.54, 1.807) is 7.11 Å². The molecule has 1 aromatic rings. The van der Waals surface area contributed by atoms with Crippen molar-refractivity contribution in [3.63, 3.8) is 0 Å². The highest BCUT2D eigenvalue weighted by Crippen LogP contribution is 2.13. The monoisotopic (exact) mass is 248 g/mol. The van der Waals surface area contributed by atoms with Crippen LogP contribution < -0.4 is 10.5 Å². The van der Waals surface area contributed by atoms with E-state index < -0.39 is 0 Å². The highest BCUT2D eigenvalue weighted by molar-refractivity contribution is 5.97. The van der Waals surface area contributed by atoms with Crippen LogP contribution in [0.3, 0.4) is 0 Å². The average molecular weight is 248 g/mol. The molecule has 1 aromatic carbocycles. The van der Waals surface area contributed by atoms with Gasteiger partial charge in [-0.15, -0.1) is 0 Å². The highest BCUT2D eigenvalue weighted by atomic mass is 16.5. The third kappa shape index (κ3) is 3.31. The molecule has 0 bridgehead atoms. The summed E-state index contributed by atoms with van der Waals surface area (Å²) in [5, 5.41) is 0. The summed E-state index contributed by atoms with van der Waals surface area (Å²) in [7, 11) is 1.62. The van der Waals surface area contributed by atoms with Gasteiger partial charge in [0.15, 0.2) is 5.78 Å². The van der Waals surface area contributed by atoms with Crippen molar-refractivity contribution < 1.29 is 9.53 Å². The molecule has 1 unspecified atom stereocenters. The number of carbonyl (C=O) groups is 1. The van der Waals surface area contributed by atoms with Crippen LogP contribution in [0.2, 0.25) is 0 Å². The van der Waals surface area contributed by atoms with Gasteiger partial charge in [-0.25, -0.2) is 0 Å². The summed E-state index contributed by atoms with van der Waals surface area (Å²) in [5.74, 6) is 0.915. The van der Waals surface area contributed by atoms with Gasteiger partial charge in [-0.3, -0.25) is 9.69 Å². The lowest BCUT2D eigenvalue weighted by molar-refractivity contribution is 0.0908. The van der Waals surface area contributed by atoms with E-state index in [0.29, 0.717) is 6.54 Å². The maximum Gasteiger partial charge on any atom is 0.176 e. The summed E-state index contributed by atoms with van der Waals surface area (Å²) in [6.07, 6.45) is 2.14. The van der Waals surface area contributed by atoms with Crippen LogP contribution in [0.25, 0.3) is 0 Å². The Hall–Kier alpha value is -1.39. The zero-order chi connectivity index (χ0) is 13.0. The minimum atomic E-state index is 0.145. The van der Waals surface area contributed by atoms with Crippen LogP contribution in [-0.4, -0.2) is 43.5 Å². The first kappa shape index (κ1) is 13.1. The number of ketones is 1. The summed E-state index contributed by atoms with van der Waals surface area (Å²) >= 11 is 0. The van der Waals surface area contributed by atoms with E-state index in [-0.39, 0.29) is 11.8 Å². The summed E-state index contributed by atoms with van der Waals surface area (Å²) in [4.78, 5) is 14.2. The molecule has 2 rings (SSSR count). The molecule has 1 heterocycles. The Morgan fingerprint density at radius 3 is 2.78 bits per heavy atom. The fourth-order valence-electron chi connectivity index (χ4n) is 2.31. The first-order valence-electron chi connectivity index (χ1n) is 6.34. The van der Waals surface area contributed by atoms with Crippen LogP contribution in [0, 0.1) is 0 Å². The third-order valence-corrected chi connectivity index (χ3v) is 3.32. The standard InChI is InChI=1S/C14H20N2O2/c1-18-13-6-4-11(5-7-13)14(17)10-16-8-2-3-12(15)9-16/h4-7,12H,2-3,8-10,15H2,1H3. The van der Waals surface area contributed by atoms with Crippen LogP contribution in [0.5, 0.6) is 5.75 Å². The molecule has 0 aromatic heterocycles. The zero-order valence-corrected chi connectivity index (χ0v) is 10.8. The summed E-state index contributed by atoms with van der Waals surface area (Å²) in [6.45, 7) is 2.25. The quantitative estimate of drug-likeness (QED) is 0.816. The second kappa shape index (κ2) is 5.98. The van der Waals surface area contributed by atoms with Gasteiger partial charge < -0.3 is 10.5 Å². The SMILES string of the molecule is COc1ccc(C(=O)CN2CCCC(N)C2)cc1. The lowest BCUT2D eigenvalue weighted by Crippen LogP contribution is -2.44. The molecule has 4 nitrogen and oxygen atoms in total. The van der Waals surface area contributed by atoms with Gasteiger partial charge in [0.25, 0.3) is 0 Å². The Labute approximate surface area is 108 Å². The molecule has 18 heavy (non-hydrogen) atoms. The van der Waals surface area contributed by atoms with E-state index >= 15 is 0 Å². The fraction of sp³-hybridized carbons (Fsp3) is 0.500. The number of methoxy groups -OCH3 is 1. The van der Waals surface area contributed by atoms with E-state index in [0.717, 1.165) is 37.2 Å². The molecule has 1 aliphatic heterocycles. The molecule has 0 amide bonds. The molecule has 0 spiro atoms. The van der Waals surface area contributed by atoms with Crippen molar-refractivity contribution in [2.45, 2.75) is 18.9 Å². The van der Waals surface area contributed by atoms with Gasteiger partial charge in [-0.05, 0) is 43.7 Å². The van der Waals surface area contributed by atoms with Crippen LogP contribution in [0.15, 0.2) is 24.3 Å². The molecule has 0 aliphatic carbocycles. The summed E-state index contributed by atoms with van der Waals surface area (Å²) in [5.41, 5.74) is 6.64. The van der Waals surface area contributed by atoms with Gasteiger partial charge in [0.2, 0.25) is 0 Å². The van der Waals surface area contributed by atoms with Crippen molar-refractivity contribution in [2.24, 2.45) is 5.73 Å². The number of benzene rings is 1. The first-order valence-corrected chi connectivity index (χ1v) is 6.34. The van der Waals surface area contributed by atoms with Gasteiger partial charge in [0.1, 0.15) is 5.75 Å². The van der Waals surface area contributed by atoms with E-state index in [1.807, 2.05) is 24.3 Å². The number of carbonyl (C=O) groups excluding carboxylic acids is 1. The first-order chi connectivity index (χ1) is 8.69. The minimum Gasteiger partial charge on any atom is -0.497 e. The molecule has 1 saturated heterocycles. The van der Waals surface area contributed by atoms with Crippen molar-refractivity contribution in [1.29, 1.82) is 0 Å². The molecule has 2 N–H and O–H groups in total. The third-order valence-electron chi connectivity index (χ3n) is 3.32. The molecule has 4 heteroatoms. The largest absolute Gasteiger partial charge is 0.497 e. The molecular weight excluding hydrogens is 228 g/mol. The number of nitrogens with two attached hydrogens (primary N) is 1. The normalized spacial score (nSPS) is 20.7. The van der Waals surface area contributed by atoms with Crippen molar-refractivity contribution in [2.75, 3.05) is 26.7 Å². The molecule has 0 saturated carbocycles. The molecule has 98 valence electrons. The number of likely N-dealkylation sites (tertiary alicyclic amines) is 1. The van der Waals surface area contributed by atoms with Gasteiger partial charge in [0, 0.05) is 18.2 Å².